The Morgan fingerprint density at radius 3 is 2.78 bits per heavy atom. The van der Waals surface area contributed by atoms with Crippen LogP contribution in [0, 0.1) is 0 Å². The highest BCUT2D eigenvalue weighted by molar-refractivity contribution is 9.09. The van der Waals surface area contributed by atoms with E-state index in [1.807, 2.05) is 12.2 Å². The highest BCUT2D eigenvalue weighted by Crippen LogP contribution is 1.82. The number of methoxy groups -OCH3 is 1. The molecule has 0 unspecified atom stereocenters. The van der Waals surface area contributed by atoms with E-state index in [2.05, 4.69) is 20.7 Å². The fourth-order valence-electron chi connectivity index (χ4n) is 0.331. The third kappa shape index (κ3) is 8.14. The summed E-state index contributed by atoms with van der Waals surface area (Å²) < 4.78 is 9.61. The number of rotatable bonds is 5. The Hall–Kier alpha value is 0.140. The summed E-state index contributed by atoms with van der Waals surface area (Å²) in [6, 6.07) is 0. The summed E-state index contributed by atoms with van der Waals surface area (Å²) in [5, 5.41) is 0.878. The van der Waals surface area contributed by atoms with Gasteiger partial charge >= 0.3 is 0 Å². The molecule has 0 fully saturated rings. The fourth-order valence-corrected chi connectivity index (χ4v) is 0.595. The van der Waals surface area contributed by atoms with E-state index in [0.717, 1.165) is 5.33 Å². The molecule has 9 heavy (non-hydrogen) atoms. The van der Waals surface area contributed by atoms with Gasteiger partial charge in [-0.15, -0.1) is 0 Å². The third-order valence-corrected chi connectivity index (χ3v) is 1.04. The minimum absolute atomic E-state index is 0.368. The van der Waals surface area contributed by atoms with E-state index in [1.165, 1.54) is 0 Å². The first kappa shape index (κ1) is 9.14. The number of hydrogen-bond donors (Lipinski definition) is 0. The van der Waals surface area contributed by atoms with Gasteiger partial charge in [-0.2, -0.15) is 0 Å². The summed E-state index contributed by atoms with van der Waals surface area (Å²) in [5.74, 6) is 0. The summed E-state index contributed by atoms with van der Waals surface area (Å²) >= 11 is 3.24. The van der Waals surface area contributed by atoms with Gasteiger partial charge < -0.3 is 9.47 Å². The van der Waals surface area contributed by atoms with Gasteiger partial charge in [-0.1, -0.05) is 28.1 Å². The minimum Gasteiger partial charge on any atom is -0.359 e. The van der Waals surface area contributed by atoms with Gasteiger partial charge in [0.1, 0.15) is 6.79 Å². The van der Waals surface area contributed by atoms with E-state index in [9.17, 15) is 0 Å². The van der Waals surface area contributed by atoms with Crippen LogP contribution in [0.2, 0.25) is 0 Å². The van der Waals surface area contributed by atoms with Crippen LogP contribution >= 0.6 is 15.9 Å². The molecule has 0 atom stereocenters. The molecule has 0 spiro atoms. The van der Waals surface area contributed by atoms with Gasteiger partial charge in [0.05, 0.1) is 6.61 Å². The van der Waals surface area contributed by atoms with E-state index in [0.29, 0.717) is 13.4 Å². The average Bonchev–Trinajstić information content (AvgIpc) is 1.89. The number of halogens is 1. The molecule has 0 saturated heterocycles. The van der Waals surface area contributed by atoms with Crippen molar-refractivity contribution in [1.82, 2.24) is 0 Å². The second kappa shape index (κ2) is 8.14. The van der Waals surface area contributed by atoms with Gasteiger partial charge in [-0.3, -0.25) is 0 Å². The molecule has 0 bridgehead atoms. The molecule has 0 aromatic heterocycles. The molecule has 0 saturated carbocycles. The second-order valence-electron chi connectivity index (χ2n) is 1.40. The molecule has 54 valence electrons. The second-order valence-corrected chi connectivity index (χ2v) is 2.05. The largest absolute Gasteiger partial charge is 0.359 e. The molecule has 0 aliphatic heterocycles. The maximum Gasteiger partial charge on any atom is 0.146 e. The third-order valence-electron chi connectivity index (χ3n) is 0.671. The van der Waals surface area contributed by atoms with Crippen molar-refractivity contribution in [2.75, 3.05) is 25.8 Å². The average molecular weight is 195 g/mol. The van der Waals surface area contributed by atoms with Crippen LogP contribution in [0.15, 0.2) is 12.2 Å². The highest BCUT2D eigenvalue weighted by atomic mass is 79.9. The highest BCUT2D eigenvalue weighted by Gasteiger charge is 1.76. The summed E-state index contributed by atoms with van der Waals surface area (Å²) in [7, 11) is 1.61. The maximum atomic E-state index is 4.96. The minimum atomic E-state index is 0.368. The number of allylic oxidation sites excluding steroid dienone is 1. The lowest BCUT2D eigenvalue weighted by atomic mass is 10.6. The SMILES string of the molecule is COCOC/C=C\CBr. The molecule has 0 aliphatic rings. The van der Waals surface area contributed by atoms with Crippen LogP contribution in [0.4, 0.5) is 0 Å². The summed E-state index contributed by atoms with van der Waals surface area (Å²) in [6.07, 6.45) is 3.92. The molecule has 2 nitrogen and oxygen atoms in total. The molecular formula is C6H11BrO2. The van der Waals surface area contributed by atoms with Crippen molar-refractivity contribution in [2.45, 2.75) is 0 Å². The van der Waals surface area contributed by atoms with Crippen molar-refractivity contribution in [3.8, 4) is 0 Å². The Bertz CT molecular complexity index is 73.5. The Morgan fingerprint density at radius 2 is 2.22 bits per heavy atom. The molecule has 0 radical (unpaired) electrons. The Kier molecular flexibility index (Phi) is 8.27. The van der Waals surface area contributed by atoms with E-state index >= 15 is 0 Å². The van der Waals surface area contributed by atoms with Gasteiger partial charge in [-0.25, -0.2) is 0 Å². The van der Waals surface area contributed by atoms with Crippen LogP contribution in [-0.4, -0.2) is 25.8 Å². The molecule has 0 heterocycles. The van der Waals surface area contributed by atoms with E-state index in [1.54, 1.807) is 7.11 Å². The zero-order valence-electron chi connectivity index (χ0n) is 5.47. The lowest BCUT2D eigenvalue weighted by Crippen LogP contribution is -1.95. The normalized spacial score (nSPS) is 10.9. The summed E-state index contributed by atoms with van der Waals surface area (Å²) in [4.78, 5) is 0. The van der Waals surface area contributed by atoms with Crippen molar-refractivity contribution < 1.29 is 9.47 Å². The monoisotopic (exact) mass is 194 g/mol. The van der Waals surface area contributed by atoms with Crippen LogP contribution in [0.1, 0.15) is 0 Å². The first-order valence-corrected chi connectivity index (χ1v) is 3.81. The Morgan fingerprint density at radius 1 is 1.44 bits per heavy atom. The van der Waals surface area contributed by atoms with Crippen molar-refractivity contribution in [2.24, 2.45) is 0 Å². The Balaban J connectivity index is 2.82. The van der Waals surface area contributed by atoms with E-state index in [4.69, 9.17) is 4.74 Å². The molecule has 3 heteroatoms. The first-order valence-electron chi connectivity index (χ1n) is 2.69. The smallest absolute Gasteiger partial charge is 0.146 e. The molecule has 0 aromatic carbocycles. The van der Waals surface area contributed by atoms with Crippen molar-refractivity contribution in [3.63, 3.8) is 0 Å². The maximum absolute atomic E-state index is 4.96. The predicted octanol–water partition coefficient (Wildman–Crippen LogP) is 1.56. The summed E-state index contributed by atoms with van der Waals surface area (Å²) in [6.45, 7) is 0.992. The van der Waals surface area contributed by atoms with Gasteiger partial charge in [0.25, 0.3) is 0 Å². The standard InChI is InChI=1S/C6H11BrO2/c1-8-6-9-5-3-2-4-7/h2-3H,4-6H2,1H3/b3-2-. The topological polar surface area (TPSA) is 18.5 Å². The zero-order chi connectivity index (χ0) is 6.95. The predicted molar refractivity (Wildman–Crippen MR) is 40.8 cm³/mol. The van der Waals surface area contributed by atoms with Gasteiger partial charge in [0, 0.05) is 12.4 Å². The van der Waals surface area contributed by atoms with Crippen LogP contribution in [0.25, 0.3) is 0 Å². The quantitative estimate of drug-likeness (QED) is 0.287. The number of hydrogen-bond acceptors (Lipinski definition) is 2. The van der Waals surface area contributed by atoms with Gasteiger partial charge in [-0.05, 0) is 0 Å². The van der Waals surface area contributed by atoms with E-state index < -0.39 is 0 Å². The summed E-state index contributed by atoms with van der Waals surface area (Å²) in [5.41, 5.74) is 0. The van der Waals surface area contributed by atoms with Crippen molar-refractivity contribution in [3.05, 3.63) is 12.2 Å². The van der Waals surface area contributed by atoms with Crippen LogP contribution in [-0.2, 0) is 9.47 Å². The molecular weight excluding hydrogens is 184 g/mol. The zero-order valence-corrected chi connectivity index (χ0v) is 7.06. The number of alkyl halides is 1. The van der Waals surface area contributed by atoms with Gasteiger partial charge in [0.15, 0.2) is 0 Å². The molecule has 0 rings (SSSR count). The fraction of sp³-hybridized carbons (Fsp3) is 0.667. The molecule has 0 aliphatic carbocycles. The van der Waals surface area contributed by atoms with E-state index in [-0.39, 0.29) is 0 Å². The molecule has 0 amide bonds. The lowest BCUT2D eigenvalue weighted by molar-refractivity contribution is -0.0186. The lowest BCUT2D eigenvalue weighted by Gasteiger charge is -1.95. The number of ether oxygens (including phenoxy) is 2. The molecule has 0 aromatic rings. The van der Waals surface area contributed by atoms with Crippen LogP contribution < -0.4 is 0 Å². The van der Waals surface area contributed by atoms with Crippen molar-refractivity contribution in [1.29, 1.82) is 0 Å². The van der Waals surface area contributed by atoms with Crippen LogP contribution in [0.5, 0.6) is 0 Å². The van der Waals surface area contributed by atoms with Crippen molar-refractivity contribution >= 4 is 15.9 Å². The van der Waals surface area contributed by atoms with Crippen LogP contribution in [0.3, 0.4) is 0 Å². The first-order chi connectivity index (χ1) is 4.41. The molecule has 0 N–H and O–H groups in total. The van der Waals surface area contributed by atoms with Gasteiger partial charge in [0.2, 0.25) is 0 Å². The Labute approximate surface area is 64.0 Å².